The van der Waals surface area contributed by atoms with Gasteiger partial charge in [0.2, 0.25) is 12.4 Å². The number of hydrogen-bond donors (Lipinski definition) is 0. The molecular formula is C10H14NO3S+. The second-order valence-electron chi connectivity index (χ2n) is 3.03. The van der Waals surface area contributed by atoms with Crippen LogP contribution in [-0.4, -0.2) is 14.2 Å². The Hall–Kier alpha value is -1.36. The highest BCUT2D eigenvalue weighted by Crippen LogP contribution is 1.95. The maximum atomic E-state index is 11.3. The zero-order valence-corrected chi connectivity index (χ0v) is 9.40. The molecule has 4 nitrogen and oxygen atoms in total. The summed E-state index contributed by atoms with van der Waals surface area (Å²) >= 11 is 0. The van der Waals surface area contributed by atoms with Crippen molar-refractivity contribution in [3.8, 4) is 0 Å². The summed E-state index contributed by atoms with van der Waals surface area (Å²) in [6, 6.07) is 3.43. The van der Waals surface area contributed by atoms with E-state index in [-0.39, 0.29) is 5.75 Å². The lowest BCUT2D eigenvalue weighted by atomic mass is 10.3. The number of pyridine rings is 1. The first kappa shape index (κ1) is 11.7. The van der Waals surface area contributed by atoms with Crippen LogP contribution in [0, 0.1) is 0 Å². The molecule has 0 radical (unpaired) electrons. The van der Waals surface area contributed by atoms with E-state index in [4.69, 9.17) is 4.28 Å². The molecule has 0 saturated heterocycles. The van der Waals surface area contributed by atoms with Crippen molar-refractivity contribution in [2.75, 3.05) is 5.75 Å². The van der Waals surface area contributed by atoms with Crippen LogP contribution in [0.2, 0.25) is 0 Å². The molecule has 0 atom stereocenters. The summed E-state index contributed by atoms with van der Waals surface area (Å²) in [5.74, 6) is 0.0171. The minimum Gasteiger partial charge on any atom is -0.181 e. The molecule has 0 aliphatic carbocycles. The third-order valence-corrected chi connectivity index (χ3v) is 3.02. The lowest BCUT2D eigenvalue weighted by Crippen LogP contribution is -2.45. The molecular weight excluding hydrogens is 214 g/mol. The SMILES string of the molecule is C=Cc1cc[n+](OS(=O)(=O)CCC)cc1. The summed E-state index contributed by atoms with van der Waals surface area (Å²) in [7, 11) is -3.47. The summed E-state index contributed by atoms with van der Waals surface area (Å²) in [5.41, 5.74) is 0.905. The molecule has 1 aromatic rings. The summed E-state index contributed by atoms with van der Waals surface area (Å²) in [6.45, 7) is 5.38. The van der Waals surface area contributed by atoms with Crippen LogP contribution in [0.25, 0.3) is 6.08 Å². The molecule has 82 valence electrons. The third kappa shape index (κ3) is 3.71. The fourth-order valence-electron chi connectivity index (χ4n) is 1.03. The second kappa shape index (κ2) is 4.93. The molecule has 5 heteroatoms. The van der Waals surface area contributed by atoms with E-state index in [2.05, 4.69) is 6.58 Å². The third-order valence-electron chi connectivity index (χ3n) is 1.72. The lowest BCUT2D eigenvalue weighted by Gasteiger charge is -1.97. The van der Waals surface area contributed by atoms with Crippen molar-refractivity contribution in [1.82, 2.24) is 0 Å². The van der Waals surface area contributed by atoms with Gasteiger partial charge in [0.25, 0.3) is 0 Å². The van der Waals surface area contributed by atoms with E-state index in [1.165, 1.54) is 12.4 Å². The predicted octanol–water partition coefficient (Wildman–Crippen LogP) is 0.785. The molecule has 0 bridgehead atoms. The number of hydrogen-bond acceptors (Lipinski definition) is 3. The van der Waals surface area contributed by atoms with E-state index in [1.54, 1.807) is 25.1 Å². The van der Waals surface area contributed by atoms with Crippen LogP contribution in [0.1, 0.15) is 18.9 Å². The fourth-order valence-corrected chi connectivity index (χ4v) is 1.96. The minimum atomic E-state index is -3.47. The van der Waals surface area contributed by atoms with Gasteiger partial charge < -0.3 is 0 Å². The van der Waals surface area contributed by atoms with Crippen molar-refractivity contribution in [3.05, 3.63) is 36.7 Å². The first-order valence-corrected chi connectivity index (χ1v) is 6.21. The van der Waals surface area contributed by atoms with Crippen molar-refractivity contribution in [2.24, 2.45) is 0 Å². The first-order chi connectivity index (χ1) is 7.07. The Morgan fingerprint density at radius 3 is 2.53 bits per heavy atom. The zero-order valence-electron chi connectivity index (χ0n) is 8.59. The lowest BCUT2D eigenvalue weighted by molar-refractivity contribution is -0.856. The Bertz CT molecular complexity index is 422. The molecule has 1 aromatic heterocycles. The topological polar surface area (TPSA) is 47.2 Å². The van der Waals surface area contributed by atoms with Gasteiger partial charge >= 0.3 is 10.1 Å². The molecule has 0 aromatic carbocycles. The van der Waals surface area contributed by atoms with E-state index in [0.29, 0.717) is 6.42 Å². The van der Waals surface area contributed by atoms with Crippen molar-refractivity contribution in [2.45, 2.75) is 13.3 Å². The van der Waals surface area contributed by atoms with Crippen LogP contribution in [-0.2, 0) is 10.1 Å². The summed E-state index contributed by atoms with van der Waals surface area (Å²) in [6.07, 6.45) is 5.27. The molecule has 0 saturated carbocycles. The average Bonchev–Trinajstić information content (AvgIpc) is 2.18. The maximum absolute atomic E-state index is 11.3. The quantitative estimate of drug-likeness (QED) is 0.700. The van der Waals surface area contributed by atoms with Gasteiger partial charge in [-0.05, 0) is 12.0 Å². The molecule has 0 aliphatic rings. The number of nitrogens with zero attached hydrogens (tertiary/aromatic N) is 1. The largest absolute Gasteiger partial charge is 0.367 e. The number of aromatic nitrogens is 1. The fraction of sp³-hybridized carbons (Fsp3) is 0.300. The van der Waals surface area contributed by atoms with E-state index in [1.807, 2.05) is 0 Å². The second-order valence-corrected chi connectivity index (χ2v) is 4.70. The molecule has 0 fully saturated rings. The molecule has 0 N–H and O–H groups in total. The van der Waals surface area contributed by atoms with E-state index in [0.717, 1.165) is 10.3 Å². The van der Waals surface area contributed by atoms with Gasteiger partial charge in [0, 0.05) is 16.9 Å². The Morgan fingerprint density at radius 1 is 1.47 bits per heavy atom. The zero-order chi connectivity index (χ0) is 11.3. The van der Waals surface area contributed by atoms with Crippen LogP contribution in [0.15, 0.2) is 31.1 Å². The number of rotatable bonds is 5. The Balaban J connectivity index is 2.77. The van der Waals surface area contributed by atoms with Crippen LogP contribution in [0.4, 0.5) is 0 Å². The van der Waals surface area contributed by atoms with Crippen LogP contribution < -0.4 is 9.01 Å². The maximum Gasteiger partial charge on any atom is 0.367 e. The molecule has 0 unspecified atom stereocenters. The monoisotopic (exact) mass is 228 g/mol. The normalized spacial score (nSPS) is 11.0. The van der Waals surface area contributed by atoms with E-state index in [9.17, 15) is 8.42 Å². The van der Waals surface area contributed by atoms with Crippen LogP contribution in [0.5, 0.6) is 0 Å². The summed E-state index contributed by atoms with van der Waals surface area (Å²) < 4.78 is 28.5. The van der Waals surface area contributed by atoms with Crippen LogP contribution >= 0.6 is 0 Å². The van der Waals surface area contributed by atoms with Crippen molar-refractivity contribution in [1.29, 1.82) is 0 Å². The van der Waals surface area contributed by atoms with Gasteiger partial charge in [-0.2, -0.15) is 8.42 Å². The van der Waals surface area contributed by atoms with Gasteiger partial charge in [-0.1, -0.05) is 19.6 Å². The van der Waals surface area contributed by atoms with Crippen molar-refractivity contribution >= 4 is 16.2 Å². The first-order valence-electron chi connectivity index (χ1n) is 4.64. The highest BCUT2D eigenvalue weighted by molar-refractivity contribution is 7.86. The molecule has 0 aliphatic heterocycles. The van der Waals surface area contributed by atoms with E-state index >= 15 is 0 Å². The Morgan fingerprint density at radius 2 is 2.07 bits per heavy atom. The molecule has 1 rings (SSSR count). The van der Waals surface area contributed by atoms with Gasteiger partial charge in [0.15, 0.2) is 0 Å². The standard InChI is InChI=1S/C10H14NO3S/c1-3-9-15(12,13)14-11-7-5-10(4-2)6-8-11/h4-8H,2-3,9H2,1H3/q+1. The Labute approximate surface area is 89.9 Å². The molecule has 0 spiro atoms. The van der Waals surface area contributed by atoms with Crippen LogP contribution in [0.3, 0.4) is 0 Å². The summed E-state index contributed by atoms with van der Waals surface area (Å²) in [5, 5.41) is 0. The minimum absolute atomic E-state index is 0.0171. The van der Waals surface area contributed by atoms with Gasteiger partial charge in [-0.3, -0.25) is 0 Å². The predicted molar refractivity (Wildman–Crippen MR) is 57.4 cm³/mol. The molecule has 1 heterocycles. The van der Waals surface area contributed by atoms with Gasteiger partial charge in [-0.25, -0.2) is 0 Å². The Kier molecular flexibility index (Phi) is 3.85. The molecule has 15 heavy (non-hydrogen) atoms. The van der Waals surface area contributed by atoms with Gasteiger partial charge in [0.05, 0.1) is 5.75 Å². The summed E-state index contributed by atoms with van der Waals surface area (Å²) in [4.78, 5) is 0. The average molecular weight is 228 g/mol. The smallest absolute Gasteiger partial charge is 0.181 e. The highest BCUT2D eigenvalue weighted by atomic mass is 32.2. The molecule has 0 amide bonds. The van der Waals surface area contributed by atoms with Crippen molar-refractivity contribution < 1.29 is 17.4 Å². The van der Waals surface area contributed by atoms with Gasteiger partial charge in [0.1, 0.15) is 0 Å². The van der Waals surface area contributed by atoms with Gasteiger partial charge in [-0.15, -0.1) is 4.28 Å². The highest BCUT2D eigenvalue weighted by Gasteiger charge is 2.16. The van der Waals surface area contributed by atoms with E-state index < -0.39 is 10.1 Å². The van der Waals surface area contributed by atoms with Crippen molar-refractivity contribution in [3.63, 3.8) is 0 Å².